The number of nitrogens with zero attached hydrogens (tertiary/aromatic N) is 3. The zero-order chi connectivity index (χ0) is 25.7. The zero-order valence-corrected chi connectivity index (χ0v) is 22.1. The van der Waals surface area contributed by atoms with E-state index in [4.69, 9.17) is 19.2 Å². The fourth-order valence-electron chi connectivity index (χ4n) is 3.88. The number of fused-ring (bicyclic) bond motifs is 1. The molecule has 7 nitrogen and oxygen atoms in total. The monoisotopic (exact) mass is 505 g/mol. The molecule has 2 heterocycles. The minimum absolute atomic E-state index is 0.223. The summed E-state index contributed by atoms with van der Waals surface area (Å²) in [5.41, 5.74) is 4.37. The molecule has 0 aliphatic rings. The summed E-state index contributed by atoms with van der Waals surface area (Å²) in [7, 11) is 0. The van der Waals surface area contributed by atoms with Gasteiger partial charge in [0, 0.05) is 11.8 Å². The van der Waals surface area contributed by atoms with E-state index in [1.165, 1.54) is 11.3 Å². The topological polar surface area (TPSA) is 73.8 Å². The van der Waals surface area contributed by atoms with Crippen LogP contribution >= 0.6 is 11.3 Å². The molecule has 0 spiro atoms. The average molecular weight is 506 g/mol. The smallest absolute Gasteiger partial charge is 0.260 e. The molecule has 0 saturated carbocycles. The number of benzene rings is 2. The lowest BCUT2D eigenvalue weighted by atomic mass is 10.1. The molecule has 4 rings (SSSR count). The van der Waals surface area contributed by atoms with E-state index in [1.54, 1.807) is 23.2 Å². The van der Waals surface area contributed by atoms with Gasteiger partial charge in [-0.25, -0.2) is 4.98 Å². The number of amides is 1. The van der Waals surface area contributed by atoms with Gasteiger partial charge in [-0.05, 0) is 76.1 Å². The first kappa shape index (κ1) is 25.4. The van der Waals surface area contributed by atoms with E-state index in [2.05, 4.69) is 31.0 Å². The van der Waals surface area contributed by atoms with Crippen LogP contribution in [0.4, 0.5) is 5.13 Å². The van der Waals surface area contributed by atoms with E-state index in [0.29, 0.717) is 47.8 Å². The van der Waals surface area contributed by atoms with E-state index in [-0.39, 0.29) is 12.5 Å². The number of aryl methyl sites for hydroxylation is 2. The molecule has 0 bridgehead atoms. The maximum Gasteiger partial charge on any atom is 0.260 e. The molecule has 2 aromatic carbocycles. The molecule has 0 atom stereocenters. The van der Waals surface area contributed by atoms with Crippen molar-refractivity contribution in [1.82, 2.24) is 9.97 Å². The number of carbonyl (C=O) groups is 1. The Balaban J connectivity index is 1.83. The van der Waals surface area contributed by atoms with Crippen LogP contribution < -0.4 is 19.1 Å². The fraction of sp³-hybridized carbons (Fsp3) is 0.321. The molecule has 0 aliphatic heterocycles. The summed E-state index contributed by atoms with van der Waals surface area (Å²) >= 11 is 1.49. The van der Waals surface area contributed by atoms with Crippen LogP contribution in [-0.4, -0.2) is 35.7 Å². The maximum atomic E-state index is 14.1. The van der Waals surface area contributed by atoms with Crippen molar-refractivity contribution in [1.29, 1.82) is 0 Å². The highest BCUT2D eigenvalue weighted by atomic mass is 32.1. The van der Waals surface area contributed by atoms with Crippen LogP contribution in [0.1, 0.15) is 48.0 Å². The molecule has 36 heavy (non-hydrogen) atoms. The standard InChI is InChI=1S/C28H31N3O4S/c1-6-33-22-15-20(16-23(34-7-2)26(22)35-8-3)27(32)31(17-21-11-9-10-14-29-21)28-30-25-19(5)18(4)12-13-24(25)36-28/h9-16H,6-8,17H2,1-5H3. The summed E-state index contributed by atoms with van der Waals surface area (Å²) < 4.78 is 18.5. The molecule has 0 fully saturated rings. The summed E-state index contributed by atoms with van der Waals surface area (Å²) in [6, 6.07) is 13.2. The number of carbonyl (C=O) groups excluding carboxylic acids is 1. The highest BCUT2D eigenvalue weighted by Gasteiger charge is 2.26. The van der Waals surface area contributed by atoms with Gasteiger partial charge in [0.2, 0.25) is 5.75 Å². The Hall–Kier alpha value is -3.65. The van der Waals surface area contributed by atoms with Gasteiger partial charge < -0.3 is 14.2 Å². The largest absolute Gasteiger partial charge is 0.490 e. The van der Waals surface area contributed by atoms with Crippen LogP contribution in [0, 0.1) is 13.8 Å². The third-order valence-corrected chi connectivity index (χ3v) is 6.80. The van der Waals surface area contributed by atoms with Gasteiger partial charge in [0.15, 0.2) is 16.6 Å². The molecule has 4 aromatic rings. The second-order valence-electron chi connectivity index (χ2n) is 8.16. The highest BCUT2D eigenvalue weighted by Crippen LogP contribution is 2.40. The number of ether oxygens (including phenoxy) is 3. The summed E-state index contributed by atoms with van der Waals surface area (Å²) in [5.74, 6) is 1.23. The molecule has 0 unspecified atom stereocenters. The minimum Gasteiger partial charge on any atom is -0.490 e. The van der Waals surface area contributed by atoms with Crippen LogP contribution in [0.15, 0.2) is 48.7 Å². The Bertz CT molecular complexity index is 1330. The van der Waals surface area contributed by atoms with Crippen molar-refractivity contribution in [2.75, 3.05) is 24.7 Å². The first-order valence-electron chi connectivity index (χ1n) is 12.1. The highest BCUT2D eigenvalue weighted by molar-refractivity contribution is 7.22. The molecule has 0 N–H and O–H groups in total. The lowest BCUT2D eigenvalue weighted by Gasteiger charge is -2.22. The lowest BCUT2D eigenvalue weighted by molar-refractivity contribution is 0.0983. The molecule has 0 saturated heterocycles. The zero-order valence-electron chi connectivity index (χ0n) is 21.3. The Labute approximate surface area is 215 Å². The van der Waals surface area contributed by atoms with Crippen molar-refractivity contribution in [2.24, 2.45) is 0 Å². The van der Waals surface area contributed by atoms with Gasteiger partial charge in [0.25, 0.3) is 5.91 Å². The van der Waals surface area contributed by atoms with E-state index in [9.17, 15) is 4.79 Å². The number of hydrogen-bond acceptors (Lipinski definition) is 7. The van der Waals surface area contributed by atoms with E-state index < -0.39 is 0 Å². The number of thiazole rings is 1. The van der Waals surface area contributed by atoms with Crippen LogP contribution in [0.3, 0.4) is 0 Å². The number of hydrogen-bond donors (Lipinski definition) is 0. The molecular weight excluding hydrogens is 474 g/mol. The van der Waals surface area contributed by atoms with Crippen LogP contribution in [0.2, 0.25) is 0 Å². The first-order chi connectivity index (χ1) is 17.5. The first-order valence-corrected chi connectivity index (χ1v) is 12.9. The Kier molecular flexibility index (Phi) is 8.05. The minimum atomic E-state index is -0.223. The van der Waals surface area contributed by atoms with E-state index >= 15 is 0 Å². The van der Waals surface area contributed by atoms with Gasteiger partial charge in [0.1, 0.15) is 0 Å². The normalized spacial score (nSPS) is 10.9. The summed E-state index contributed by atoms with van der Waals surface area (Å²) in [6.45, 7) is 11.4. The van der Waals surface area contributed by atoms with Gasteiger partial charge in [-0.1, -0.05) is 23.5 Å². The predicted octanol–water partition coefficient (Wildman–Crippen LogP) is 6.35. The Morgan fingerprint density at radius 3 is 2.25 bits per heavy atom. The van der Waals surface area contributed by atoms with Gasteiger partial charge in [-0.15, -0.1) is 0 Å². The van der Waals surface area contributed by atoms with Crippen molar-refractivity contribution in [3.8, 4) is 17.2 Å². The molecule has 0 radical (unpaired) electrons. The van der Waals surface area contributed by atoms with Crippen molar-refractivity contribution in [3.63, 3.8) is 0 Å². The molecule has 8 heteroatoms. The summed E-state index contributed by atoms with van der Waals surface area (Å²) in [5, 5.41) is 0.610. The third kappa shape index (κ3) is 5.28. The summed E-state index contributed by atoms with van der Waals surface area (Å²) in [4.78, 5) is 25.1. The molecule has 0 aliphatic carbocycles. The molecule has 1 amide bonds. The quantitative estimate of drug-likeness (QED) is 0.250. The van der Waals surface area contributed by atoms with Crippen LogP contribution in [0.5, 0.6) is 17.2 Å². The van der Waals surface area contributed by atoms with Gasteiger partial charge in [-0.2, -0.15) is 0 Å². The Morgan fingerprint density at radius 1 is 0.944 bits per heavy atom. The number of rotatable bonds is 10. The van der Waals surface area contributed by atoms with Crippen molar-refractivity contribution < 1.29 is 19.0 Å². The number of anilines is 1. The predicted molar refractivity (Wildman–Crippen MR) is 144 cm³/mol. The summed E-state index contributed by atoms with van der Waals surface area (Å²) in [6.07, 6.45) is 1.72. The van der Waals surface area contributed by atoms with Gasteiger partial charge >= 0.3 is 0 Å². The average Bonchev–Trinajstić information content (AvgIpc) is 3.32. The lowest BCUT2D eigenvalue weighted by Crippen LogP contribution is -2.30. The number of aromatic nitrogens is 2. The fourth-order valence-corrected chi connectivity index (χ4v) is 4.90. The molecule has 2 aromatic heterocycles. The third-order valence-electron chi connectivity index (χ3n) is 5.75. The number of pyridine rings is 1. The SMILES string of the molecule is CCOc1cc(C(=O)N(Cc2ccccn2)c2nc3c(C)c(C)ccc3s2)cc(OCC)c1OCC. The van der Waals surface area contributed by atoms with Gasteiger partial charge in [-0.3, -0.25) is 14.7 Å². The van der Waals surface area contributed by atoms with Crippen LogP contribution in [0.25, 0.3) is 10.2 Å². The van der Waals surface area contributed by atoms with Crippen molar-refractivity contribution in [2.45, 2.75) is 41.2 Å². The maximum absolute atomic E-state index is 14.1. The molecular formula is C28H31N3O4S. The van der Waals surface area contributed by atoms with E-state index in [1.807, 2.05) is 39.0 Å². The van der Waals surface area contributed by atoms with Crippen LogP contribution in [-0.2, 0) is 6.54 Å². The van der Waals surface area contributed by atoms with Crippen molar-refractivity contribution >= 4 is 32.6 Å². The Morgan fingerprint density at radius 2 is 1.64 bits per heavy atom. The van der Waals surface area contributed by atoms with E-state index in [0.717, 1.165) is 27.0 Å². The second kappa shape index (κ2) is 11.4. The van der Waals surface area contributed by atoms with Gasteiger partial charge in [0.05, 0.1) is 42.3 Å². The van der Waals surface area contributed by atoms with Crippen molar-refractivity contribution in [3.05, 3.63) is 71.0 Å². The molecule has 188 valence electrons. The second-order valence-corrected chi connectivity index (χ2v) is 9.17.